The number of pyridine rings is 1. The second kappa shape index (κ2) is 7.34. The quantitative estimate of drug-likeness (QED) is 0.710. The van der Waals surface area contributed by atoms with Crippen LogP contribution in [0.25, 0.3) is 11.4 Å². The zero-order valence-corrected chi connectivity index (χ0v) is 15.4. The van der Waals surface area contributed by atoms with Gasteiger partial charge in [0.15, 0.2) is 0 Å². The number of para-hydroxylation sites is 1. The Morgan fingerprint density at radius 3 is 2.46 bits per heavy atom. The summed E-state index contributed by atoms with van der Waals surface area (Å²) in [6.45, 7) is 1.78. The van der Waals surface area contributed by atoms with Crippen molar-refractivity contribution in [2.45, 2.75) is 13.1 Å². The summed E-state index contributed by atoms with van der Waals surface area (Å²) in [5, 5.41) is 9.43. The molecule has 28 heavy (non-hydrogen) atoms. The monoisotopic (exact) mass is 389 g/mol. The normalized spacial score (nSPS) is 11.4. The van der Waals surface area contributed by atoms with Crippen LogP contribution >= 0.6 is 0 Å². The van der Waals surface area contributed by atoms with Crippen LogP contribution in [0.4, 0.5) is 24.5 Å². The lowest BCUT2D eigenvalue weighted by molar-refractivity contribution is -0.137. The number of carbonyl (C=O) groups is 1. The Labute approximate surface area is 159 Å². The number of anilines is 2. The zero-order chi connectivity index (χ0) is 20.5. The van der Waals surface area contributed by atoms with Crippen molar-refractivity contribution >= 4 is 17.3 Å². The molecule has 3 aromatic rings. The molecule has 0 radical (unpaired) electrons. The molecule has 0 bridgehead atoms. The first-order chi connectivity index (χ1) is 13.2. The van der Waals surface area contributed by atoms with Crippen LogP contribution in [0.15, 0.2) is 42.6 Å². The van der Waals surface area contributed by atoms with Crippen molar-refractivity contribution in [1.29, 1.82) is 0 Å². The Kier molecular flexibility index (Phi) is 5.08. The first-order valence-corrected chi connectivity index (χ1v) is 8.37. The van der Waals surface area contributed by atoms with Crippen molar-refractivity contribution in [3.05, 3.63) is 59.4 Å². The van der Waals surface area contributed by atoms with Crippen LogP contribution in [-0.4, -0.2) is 27.7 Å². The molecule has 1 amide bonds. The average Bonchev–Trinajstić information content (AvgIpc) is 2.98. The van der Waals surface area contributed by atoms with Crippen LogP contribution in [0.1, 0.15) is 21.6 Å². The lowest BCUT2D eigenvalue weighted by atomic mass is 10.1. The molecule has 0 aliphatic carbocycles. The summed E-state index contributed by atoms with van der Waals surface area (Å²) in [4.78, 5) is 16.0. The highest BCUT2D eigenvalue weighted by atomic mass is 19.4. The molecule has 1 aromatic carbocycles. The van der Waals surface area contributed by atoms with Gasteiger partial charge in [-0.25, -0.2) is 0 Å². The number of nitrogens with one attached hydrogen (secondary N) is 2. The van der Waals surface area contributed by atoms with Gasteiger partial charge in [0.05, 0.1) is 39.6 Å². The number of carbonyl (C=O) groups excluding carboxylic acids is 1. The van der Waals surface area contributed by atoms with E-state index < -0.39 is 17.6 Å². The number of rotatable bonds is 4. The minimum absolute atomic E-state index is 0.201. The predicted octanol–water partition coefficient (Wildman–Crippen LogP) is 3.91. The van der Waals surface area contributed by atoms with Crippen molar-refractivity contribution in [3.63, 3.8) is 0 Å². The van der Waals surface area contributed by atoms with Crippen molar-refractivity contribution in [3.8, 4) is 11.4 Å². The average molecular weight is 389 g/mol. The fourth-order valence-electron chi connectivity index (χ4n) is 2.84. The summed E-state index contributed by atoms with van der Waals surface area (Å²) in [7, 11) is 3.14. The van der Waals surface area contributed by atoms with Crippen LogP contribution in [0.2, 0.25) is 0 Å². The lowest BCUT2D eigenvalue weighted by Gasteiger charge is -2.17. The van der Waals surface area contributed by atoms with Gasteiger partial charge in [0, 0.05) is 20.3 Å². The lowest BCUT2D eigenvalue weighted by Crippen LogP contribution is -2.19. The SMILES string of the molecule is CNC(=O)c1ccccc1Nc1cc(-c2cc(C)nn2C)ncc1C(F)(F)F. The molecule has 2 heterocycles. The van der Waals surface area contributed by atoms with Crippen LogP contribution in [0.5, 0.6) is 0 Å². The molecule has 3 rings (SSSR count). The Morgan fingerprint density at radius 2 is 1.86 bits per heavy atom. The summed E-state index contributed by atoms with van der Waals surface area (Å²) >= 11 is 0. The molecule has 0 unspecified atom stereocenters. The fraction of sp³-hybridized carbons (Fsp3) is 0.211. The zero-order valence-electron chi connectivity index (χ0n) is 15.4. The minimum atomic E-state index is -4.61. The van der Waals surface area contributed by atoms with Gasteiger partial charge in [-0.15, -0.1) is 0 Å². The molecule has 6 nitrogen and oxygen atoms in total. The van der Waals surface area contributed by atoms with E-state index in [0.717, 1.165) is 11.9 Å². The maximum absolute atomic E-state index is 13.5. The van der Waals surface area contributed by atoms with Gasteiger partial charge >= 0.3 is 6.18 Å². The van der Waals surface area contributed by atoms with Crippen molar-refractivity contribution < 1.29 is 18.0 Å². The van der Waals surface area contributed by atoms with Gasteiger partial charge in [-0.2, -0.15) is 18.3 Å². The highest BCUT2D eigenvalue weighted by Gasteiger charge is 2.34. The van der Waals surface area contributed by atoms with E-state index in [9.17, 15) is 18.0 Å². The third-order valence-corrected chi connectivity index (χ3v) is 4.14. The van der Waals surface area contributed by atoms with E-state index >= 15 is 0 Å². The number of aromatic nitrogens is 3. The predicted molar refractivity (Wildman–Crippen MR) is 99.3 cm³/mol. The van der Waals surface area contributed by atoms with Crippen LogP contribution in [0.3, 0.4) is 0 Å². The highest BCUT2D eigenvalue weighted by Crippen LogP contribution is 2.37. The number of hydrogen-bond acceptors (Lipinski definition) is 4. The molecular formula is C19H18F3N5O. The number of aryl methyl sites for hydroxylation is 2. The van der Waals surface area contributed by atoms with Gasteiger partial charge in [0.2, 0.25) is 0 Å². The number of nitrogens with zero attached hydrogens (tertiary/aromatic N) is 3. The van der Waals surface area contributed by atoms with Crippen molar-refractivity contribution in [1.82, 2.24) is 20.1 Å². The molecule has 2 aromatic heterocycles. The van der Waals surface area contributed by atoms with Crippen LogP contribution < -0.4 is 10.6 Å². The molecule has 0 fully saturated rings. The minimum Gasteiger partial charge on any atom is -0.355 e. The van der Waals surface area contributed by atoms with E-state index in [1.807, 2.05) is 0 Å². The molecule has 0 aliphatic rings. The van der Waals surface area contributed by atoms with Gasteiger partial charge in [0.25, 0.3) is 5.91 Å². The Bertz CT molecular complexity index is 1030. The van der Waals surface area contributed by atoms with Crippen LogP contribution in [0, 0.1) is 6.92 Å². The van der Waals surface area contributed by atoms with Gasteiger partial charge in [0.1, 0.15) is 0 Å². The number of benzene rings is 1. The first kappa shape index (κ1) is 19.4. The third kappa shape index (κ3) is 3.83. The van der Waals surface area contributed by atoms with E-state index in [-0.39, 0.29) is 16.9 Å². The number of alkyl halides is 3. The third-order valence-electron chi connectivity index (χ3n) is 4.14. The molecule has 0 aliphatic heterocycles. The Morgan fingerprint density at radius 1 is 1.14 bits per heavy atom. The summed E-state index contributed by atoms with van der Waals surface area (Å²) in [6.07, 6.45) is -3.83. The molecule has 0 saturated heterocycles. The second-order valence-corrected chi connectivity index (χ2v) is 6.16. The van der Waals surface area contributed by atoms with Gasteiger partial charge in [-0.05, 0) is 31.2 Å². The second-order valence-electron chi connectivity index (χ2n) is 6.16. The largest absolute Gasteiger partial charge is 0.419 e. The van der Waals surface area contributed by atoms with Gasteiger partial charge < -0.3 is 10.6 Å². The van der Waals surface area contributed by atoms with E-state index in [1.165, 1.54) is 19.2 Å². The summed E-state index contributed by atoms with van der Waals surface area (Å²) in [6, 6.07) is 9.38. The van der Waals surface area contributed by atoms with Gasteiger partial charge in [-0.3, -0.25) is 14.5 Å². The van der Waals surface area contributed by atoms with E-state index in [4.69, 9.17) is 0 Å². The molecule has 0 atom stereocenters. The Hall–Kier alpha value is -3.36. The van der Waals surface area contributed by atoms with E-state index in [2.05, 4.69) is 20.7 Å². The maximum atomic E-state index is 13.5. The standard InChI is InChI=1S/C19H18F3N5O/c1-11-8-17(27(3)26-11)16-9-15(13(10-24-16)19(20,21)22)25-14-7-5-4-6-12(14)18(28)23-2/h4-10H,1-3H3,(H,23,28)(H,24,25). The van der Waals surface area contributed by atoms with E-state index in [1.54, 1.807) is 42.9 Å². The summed E-state index contributed by atoms with van der Waals surface area (Å²) < 4.78 is 42.1. The topological polar surface area (TPSA) is 71.8 Å². The molecular weight excluding hydrogens is 371 g/mol. The Balaban J connectivity index is 2.12. The van der Waals surface area contributed by atoms with Crippen molar-refractivity contribution in [2.75, 3.05) is 12.4 Å². The maximum Gasteiger partial charge on any atom is 0.419 e. The highest BCUT2D eigenvalue weighted by molar-refractivity contribution is 6.00. The van der Waals surface area contributed by atoms with Crippen LogP contribution in [-0.2, 0) is 13.2 Å². The molecule has 9 heteroatoms. The fourth-order valence-corrected chi connectivity index (χ4v) is 2.84. The molecule has 2 N–H and O–H groups in total. The van der Waals surface area contributed by atoms with E-state index in [0.29, 0.717) is 11.4 Å². The number of halogens is 3. The van der Waals surface area contributed by atoms with Crippen molar-refractivity contribution in [2.24, 2.45) is 7.05 Å². The van der Waals surface area contributed by atoms with Gasteiger partial charge in [-0.1, -0.05) is 12.1 Å². The molecule has 146 valence electrons. The number of amides is 1. The molecule has 0 saturated carbocycles. The smallest absolute Gasteiger partial charge is 0.355 e. The summed E-state index contributed by atoms with van der Waals surface area (Å²) in [5.41, 5.74) is 0.983. The molecule has 0 spiro atoms. The first-order valence-electron chi connectivity index (χ1n) is 8.37. The number of hydrogen-bond donors (Lipinski definition) is 2. The summed E-state index contributed by atoms with van der Waals surface area (Å²) in [5.74, 6) is -0.409.